The predicted molar refractivity (Wildman–Crippen MR) is 70.1 cm³/mol. The van der Waals surface area contributed by atoms with E-state index in [9.17, 15) is 0 Å². The minimum Gasteiger partial charge on any atom is -0.396 e. The van der Waals surface area contributed by atoms with E-state index >= 15 is 0 Å². The second-order valence-corrected chi connectivity index (χ2v) is 5.04. The number of aromatic nitrogens is 2. The summed E-state index contributed by atoms with van der Waals surface area (Å²) in [6.45, 7) is 4.34. The summed E-state index contributed by atoms with van der Waals surface area (Å²) in [6, 6.07) is 6.14. The summed E-state index contributed by atoms with van der Waals surface area (Å²) >= 11 is 0. The molecule has 2 aromatic rings. The quantitative estimate of drug-likeness (QED) is 0.850. The van der Waals surface area contributed by atoms with Gasteiger partial charge in [0.1, 0.15) is 0 Å². The molecular weight excluding hydrogens is 214 g/mol. The first-order valence-corrected chi connectivity index (χ1v) is 5.82. The molecule has 2 rings (SSSR count). The van der Waals surface area contributed by atoms with Crippen LogP contribution in [0.1, 0.15) is 20.3 Å². The summed E-state index contributed by atoms with van der Waals surface area (Å²) < 4.78 is 2.00. The maximum absolute atomic E-state index is 9.00. The SMILES string of the molecule is Cn1cnc2cc(NC(C)(C)CCO)ccc21. The van der Waals surface area contributed by atoms with Crippen LogP contribution in [0.5, 0.6) is 0 Å². The van der Waals surface area contributed by atoms with Gasteiger partial charge in [-0.1, -0.05) is 0 Å². The number of nitrogens with one attached hydrogen (secondary N) is 1. The van der Waals surface area contributed by atoms with Crippen molar-refractivity contribution in [1.82, 2.24) is 9.55 Å². The van der Waals surface area contributed by atoms with Crippen molar-refractivity contribution in [2.75, 3.05) is 11.9 Å². The summed E-state index contributed by atoms with van der Waals surface area (Å²) in [5.41, 5.74) is 3.03. The molecule has 1 heterocycles. The average molecular weight is 233 g/mol. The molecule has 0 aliphatic carbocycles. The zero-order valence-corrected chi connectivity index (χ0v) is 10.6. The van der Waals surface area contributed by atoms with E-state index in [2.05, 4.69) is 30.2 Å². The Morgan fingerprint density at radius 2 is 2.18 bits per heavy atom. The first-order chi connectivity index (χ1) is 8.02. The van der Waals surface area contributed by atoms with Gasteiger partial charge >= 0.3 is 0 Å². The fraction of sp³-hybridized carbons (Fsp3) is 0.462. The third kappa shape index (κ3) is 2.58. The van der Waals surface area contributed by atoms with Crippen molar-refractivity contribution >= 4 is 16.7 Å². The molecule has 0 fully saturated rings. The van der Waals surface area contributed by atoms with E-state index in [-0.39, 0.29) is 12.1 Å². The van der Waals surface area contributed by atoms with Gasteiger partial charge in [-0.05, 0) is 38.5 Å². The van der Waals surface area contributed by atoms with E-state index in [0.717, 1.165) is 16.7 Å². The third-order valence-corrected chi connectivity index (χ3v) is 2.94. The number of hydrogen-bond acceptors (Lipinski definition) is 3. The lowest BCUT2D eigenvalue weighted by Gasteiger charge is -2.26. The molecule has 2 N–H and O–H groups in total. The van der Waals surface area contributed by atoms with E-state index in [1.807, 2.05) is 30.1 Å². The Labute approximate surface area is 101 Å². The van der Waals surface area contributed by atoms with E-state index in [1.54, 1.807) is 0 Å². The van der Waals surface area contributed by atoms with Crippen molar-refractivity contribution in [3.63, 3.8) is 0 Å². The van der Waals surface area contributed by atoms with Crippen molar-refractivity contribution in [3.05, 3.63) is 24.5 Å². The standard InChI is InChI=1S/C13H19N3O/c1-13(2,6-7-17)15-10-4-5-12-11(8-10)14-9-16(12)3/h4-5,8-9,15,17H,6-7H2,1-3H3. The molecule has 17 heavy (non-hydrogen) atoms. The number of benzene rings is 1. The van der Waals surface area contributed by atoms with Crippen LogP contribution < -0.4 is 5.32 Å². The highest BCUT2D eigenvalue weighted by atomic mass is 16.3. The summed E-state index contributed by atoms with van der Waals surface area (Å²) in [4.78, 5) is 4.33. The first-order valence-electron chi connectivity index (χ1n) is 5.82. The number of anilines is 1. The van der Waals surface area contributed by atoms with E-state index < -0.39 is 0 Å². The molecule has 4 nitrogen and oxygen atoms in total. The highest BCUT2D eigenvalue weighted by molar-refractivity contribution is 5.79. The van der Waals surface area contributed by atoms with Crippen molar-refractivity contribution in [3.8, 4) is 0 Å². The van der Waals surface area contributed by atoms with Crippen LogP contribution in [0.4, 0.5) is 5.69 Å². The average Bonchev–Trinajstić information content (AvgIpc) is 2.59. The number of fused-ring (bicyclic) bond motifs is 1. The fourth-order valence-corrected chi connectivity index (χ4v) is 1.95. The number of aliphatic hydroxyl groups excluding tert-OH is 1. The van der Waals surface area contributed by atoms with Crippen LogP contribution in [0.2, 0.25) is 0 Å². The van der Waals surface area contributed by atoms with Crippen molar-refractivity contribution in [2.45, 2.75) is 25.8 Å². The van der Waals surface area contributed by atoms with E-state index in [1.165, 1.54) is 0 Å². The van der Waals surface area contributed by atoms with Gasteiger partial charge in [-0.15, -0.1) is 0 Å². The number of aryl methyl sites for hydroxylation is 1. The van der Waals surface area contributed by atoms with Crippen LogP contribution in [0, 0.1) is 0 Å². The minimum atomic E-state index is -0.114. The minimum absolute atomic E-state index is 0.114. The molecule has 0 bridgehead atoms. The molecule has 92 valence electrons. The molecule has 0 saturated carbocycles. The van der Waals surface area contributed by atoms with Gasteiger partial charge < -0.3 is 15.0 Å². The molecule has 0 unspecified atom stereocenters. The summed E-state index contributed by atoms with van der Waals surface area (Å²) in [7, 11) is 1.98. The van der Waals surface area contributed by atoms with Gasteiger partial charge in [0.25, 0.3) is 0 Å². The molecule has 0 aliphatic rings. The maximum Gasteiger partial charge on any atom is 0.0955 e. The highest BCUT2D eigenvalue weighted by Crippen LogP contribution is 2.22. The monoisotopic (exact) mass is 233 g/mol. The maximum atomic E-state index is 9.00. The van der Waals surface area contributed by atoms with Gasteiger partial charge in [0, 0.05) is 24.9 Å². The Bertz CT molecular complexity index is 516. The first kappa shape index (κ1) is 11.9. The van der Waals surface area contributed by atoms with E-state index in [0.29, 0.717) is 6.42 Å². The molecular formula is C13H19N3O. The van der Waals surface area contributed by atoms with Crippen LogP contribution in [-0.2, 0) is 7.05 Å². The lowest BCUT2D eigenvalue weighted by Crippen LogP contribution is -2.31. The number of hydrogen-bond donors (Lipinski definition) is 2. The number of aliphatic hydroxyl groups is 1. The van der Waals surface area contributed by atoms with Crippen LogP contribution in [0.15, 0.2) is 24.5 Å². The van der Waals surface area contributed by atoms with Crippen LogP contribution >= 0.6 is 0 Å². The summed E-state index contributed by atoms with van der Waals surface area (Å²) in [5, 5.41) is 12.4. The van der Waals surface area contributed by atoms with Crippen molar-refractivity contribution < 1.29 is 5.11 Å². The molecule has 0 radical (unpaired) electrons. The zero-order chi connectivity index (χ0) is 12.5. The Kier molecular flexibility index (Phi) is 3.07. The number of nitrogens with zero attached hydrogens (tertiary/aromatic N) is 2. The predicted octanol–water partition coefficient (Wildman–Crippen LogP) is 2.15. The molecule has 0 aliphatic heterocycles. The summed E-state index contributed by atoms with van der Waals surface area (Å²) in [6.07, 6.45) is 2.53. The Hall–Kier alpha value is -1.55. The molecule has 0 saturated heterocycles. The smallest absolute Gasteiger partial charge is 0.0955 e. The summed E-state index contributed by atoms with van der Waals surface area (Å²) in [5.74, 6) is 0. The second kappa shape index (κ2) is 4.37. The van der Waals surface area contributed by atoms with Gasteiger partial charge in [0.05, 0.1) is 17.4 Å². The number of imidazole rings is 1. The van der Waals surface area contributed by atoms with Crippen LogP contribution in [-0.4, -0.2) is 26.8 Å². The van der Waals surface area contributed by atoms with Gasteiger partial charge in [0.15, 0.2) is 0 Å². The molecule has 4 heteroatoms. The lowest BCUT2D eigenvalue weighted by molar-refractivity contribution is 0.261. The molecule has 0 spiro atoms. The van der Waals surface area contributed by atoms with Crippen LogP contribution in [0.25, 0.3) is 11.0 Å². The van der Waals surface area contributed by atoms with Crippen LogP contribution in [0.3, 0.4) is 0 Å². The molecule has 0 amide bonds. The molecule has 1 aromatic carbocycles. The Balaban J connectivity index is 2.25. The van der Waals surface area contributed by atoms with Gasteiger partial charge in [-0.25, -0.2) is 4.98 Å². The zero-order valence-electron chi connectivity index (χ0n) is 10.6. The normalized spacial score (nSPS) is 12.0. The van der Waals surface area contributed by atoms with Crippen molar-refractivity contribution in [2.24, 2.45) is 7.05 Å². The van der Waals surface area contributed by atoms with Crippen molar-refractivity contribution in [1.29, 1.82) is 0 Å². The highest BCUT2D eigenvalue weighted by Gasteiger charge is 2.16. The number of rotatable bonds is 4. The van der Waals surface area contributed by atoms with E-state index in [4.69, 9.17) is 5.11 Å². The Morgan fingerprint density at radius 3 is 2.88 bits per heavy atom. The largest absolute Gasteiger partial charge is 0.396 e. The molecule has 0 atom stereocenters. The second-order valence-electron chi connectivity index (χ2n) is 5.04. The van der Waals surface area contributed by atoms with Gasteiger partial charge in [-0.3, -0.25) is 0 Å². The Morgan fingerprint density at radius 1 is 1.41 bits per heavy atom. The topological polar surface area (TPSA) is 50.1 Å². The fourth-order valence-electron chi connectivity index (χ4n) is 1.95. The third-order valence-electron chi connectivity index (χ3n) is 2.94. The van der Waals surface area contributed by atoms with Gasteiger partial charge in [-0.2, -0.15) is 0 Å². The van der Waals surface area contributed by atoms with Gasteiger partial charge in [0.2, 0.25) is 0 Å². The molecule has 1 aromatic heterocycles. The lowest BCUT2D eigenvalue weighted by atomic mass is 10.0.